The number of amidine groups is 2. The van der Waals surface area contributed by atoms with E-state index in [4.69, 9.17) is 14.9 Å². The summed E-state index contributed by atoms with van der Waals surface area (Å²) in [5.41, 5.74) is 1.87. The first-order valence-corrected chi connectivity index (χ1v) is 11.1. The van der Waals surface area contributed by atoms with Gasteiger partial charge >= 0.3 is 0 Å². The smallest absolute Gasteiger partial charge is 0.283 e. The fourth-order valence-electron chi connectivity index (χ4n) is 3.03. The van der Waals surface area contributed by atoms with E-state index in [-0.39, 0.29) is 11.4 Å². The summed E-state index contributed by atoms with van der Waals surface area (Å²) < 4.78 is 12.1. The molecule has 2 heterocycles. The molecule has 1 N–H and O–H groups in total. The zero-order valence-corrected chi connectivity index (χ0v) is 19.3. The Kier molecular flexibility index (Phi) is 6.24. The zero-order valence-electron chi connectivity index (χ0n) is 16.9. The first kappa shape index (κ1) is 21.3. The summed E-state index contributed by atoms with van der Waals surface area (Å²) >= 11 is 4.85. The van der Waals surface area contributed by atoms with Gasteiger partial charge in [0.15, 0.2) is 17.3 Å². The van der Waals surface area contributed by atoms with Crippen molar-refractivity contribution in [1.82, 2.24) is 5.01 Å². The fraction of sp³-hybridized carbons (Fsp3) is 0.182. The van der Waals surface area contributed by atoms with Crippen molar-refractivity contribution in [1.29, 1.82) is 5.41 Å². The van der Waals surface area contributed by atoms with Crippen LogP contribution in [-0.4, -0.2) is 34.1 Å². The summed E-state index contributed by atoms with van der Waals surface area (Å²) in [6.45, 7) is 2.36. The van der Waals surface area contributed by atoms with Crippen LogP contribution in [0.4, 0.5) is 0 Å². The number of fused-ring (bicyclic) bond motifs is 1. The number of nitrogens with one attached hydrogen (secondary N) is 1. The maximum Gasteiger partial charge on any atom is 0.283 e. The van der Waals surface area contributed by atoms with Gasteiger partial charge in [-0.2, -0.15) is 15.1 Å². The molecule has 0 spiro atoms. The second-order valence-corrected chi connectivity index (χ2v) is 8.57. The number of hydrogen-bond acceptors (Lipinski definition) is 6. The van der Waals surface area contributed by atoms with Gasteiger partial charge in [-0.1, -0.05) is 37.3 Å². The van der Waals surface area contributed by atoms with E-state index in [2.05, 4.69) is 26.0 Å². The third-order valence-corrected chi connectivity index (χ3v) is 6.23. The highest BCUT2D eigenvalue weighted by atomic mass is 79.9. The van der Waals surface area contributed by atoms with E-state index in [1.165, 1.54) is 16.8 Å². The van der Waals surface area contributed by atoms with E-state index in [1.807, 2.05) is 43.3 Å². The van der Waals surface area contributed by atoms with Crippen LogP contribution in [-0.2, 0) is 11.4 Å². The summed E-state index contributed by atoms with van der Waals surface area (Å²) in [6.07, 6.45) is 2.33. The average molecular weight is 499 g/mol. The summed E-state index contributed by atoms with van der Waals surface area (Å²) in [5.74, 6) is 0.618. The van der Waals surface area contributed by atoms with Gasteiger partial charge in [-0.05, 0) is 63.4 Å². The van der Waals surface area contributed by atoms with Crippen molar-refractivity contribution in [3.8, 4) is 11.5 Å². The Hall–Kier alpha value is -2.91. The Labute approximate surface area is 192 Å². The minimum absolute atomic E-state index is 0.00504. The molecule has 0 atom stereocenters. The van der Waals surface area contributed by atoms with Gasteiger partial charge in [-0.3, -0.25) is 10.2 Å². The van der Waals surface area contributed by atoms with Gasteiger partial charge in [0, 0.05) is 0 Å². The van der Waals surface area contributed by atoms with Gasteiger partial charge < -0.3 is 9.47 Å². The molecule has 2 aromatic rings. The second kappa shape index (κ2) is 9.07. The molecular weight excluding hydrogens is 480 g/mol. The molecule has 0 saturated heterocycles. The molecule has 0 bridgehead atoms. The van der Waals surface area contributed by atoms with E-state index in [1.54, 1.807) is 19.3 Å². The van der Waals surface area contributed by atoms with Crippen molar-refractivity contribution < 1.29 is 14.3 Å². The van der Waals surface area contributed by atoms with Crippen LogP contribution in [0.25, 0.3) is 6.08 Å². The van der Waals surface area contributed by atoms with Crippen LogP contribution >= 0.6 is 27.7 Å². The number of aliphatic imine (C=N–C) groups is 1. The predicted molar refractivity (Wildman–Crippen MR) is 127 cm³/mol. The highest BCUT2D eigenvalue weighted by molar-refractivity contribution is 9.10. The highest BCUT2D eigenvalue weighted by Crippen LogP contribution is 2.38. The lowest BCUT2D eigenvalue weighted by Gasteiger charge is -2.20. The summed E-state index contributed by atoms with van der Waals surface area (Å²) in [4.78, 5) is 16.6. The van der Waals surface area contributed by atoms with Gasteiger partial charge in [-0.15, -0.1) is 0 Å². The van der Waals surface area contributed by atoms with Crippen molar-refractivity contribution in [2.75, 3.05) is 7.11 Å². The minimum atomic E-state index is -0.462. The van der Waals surface area contributed by atoms with E-state index in [0.29, 0.717) is 33.3 Å². The second-order valence-electron chi connectivity index (χ2n) is 6.68. The Morgan fingerprint density at radius 2 is 2.03 bits per heavy atom. The molecule has 0 radical (unpaired) electrons. The molecule has 2 aliphatic rings. The van der Waals surface area contributed by atoms with Crippen LogP contribution in [0.1, 0.15) is 24.5 Å². The standard InChI is InChI=1S/C22H19BrN4O3S/c1-3-18-26-27-20(24)15(21(28)25-22(27)31-18)9-14-10-16(23)19(17(11-14)29-2)30-12-13-7-5-4-6-8-13/h4-11,24H,3,12H2,1-2H3/b15-9-,24-20?. The molecule has 31 heavy (non-hydrogen) atoms. The Morgan fingerprint density at radius 3 is 2.74 bits per heavy atom. The maximum atomic E-state index is 12.6. The minimum Gasteiger partial charge on any atom is -0.493 e. The third kappa shape index (κ3) is 4.42. The van der Waals surface area contributed by atoms with Crippen LogP contribution in [0.5, 0.6) is 11.5 Å². The molecule has 2 aliphatic heterocycles. The van der Waals surface area contributed by atoms with E-state index in [9.17, 15) is 4.79 Å². The predicted octanol–water partition coefficient (Wildman–Crippen LogP) is 5.07. The summed E-state index contributed by atoms with van der Waals surface area (Å²) in [7, 11) is 1.56. The van der Waals surface area contributed by atoms with Gasteiger partial charge in [0.25, 0.3) is 5.91 Å². The van der Waals surface area contributed by atoms with Crippen molar-refractivity contribution in [2.24, 2.45) is 10.1 Å². The van der Waals surface area contributed by atoms with Crippen molar-refractivity contribution >= 4 is 55.7 Å². The lowest BCUT2D eigenvalue weighted by atomic mass is 10.1. The van der Waals surface area contributed by atoms with Gasteiger partial charge in [0.05, 0.1) is 17.2 Å². The maximum absolute atomic E-state index is 12.6. The quantitative estimate of drug-likeness (QED) is 0.561. The van der Waals surface area contributed by atoms with E-state index in [0.717, 1.165) is 17.0 Å². The molecule has 0 fully saturated rings. The number of hydrogen-bond donors (Lipinski definition) is 1. The number of benzene rings is 2. The van der Waals surface area contributed by atoms with Gasteiger partial charge in [-0.25, -0.2) is 0 Å². The van der Waals surface area contributed by atoms with Crippen molar-refractivity contribution in [3.63, 3.8) is 0 Å². The van der Waals surface area contributed by atoms with E-state index < -0.39 is 5.91 Å². The molecule has 2 aromatic carbocycles. The number of hydrazone groups is 1. The van der Waals surface area contributed by atoms with Gasteiger partial charge in [0.2, 0.25) is 5.17 Å². The van der Waals surface area contributed by atoms with Crippen LogP contribution in [0.3, 0.4) is 0 Å². The van der Waals surface area contributed by atoms with Crippen LogP contribution in [0, 0.1) is 5.41 Å². The Balaban J connectivity index is 1.62. The van der Waals surface area contributed by atoms with Gasteiger partial charge in [0.1, 0.15) is 11.7 Å². The number of amides is 1. The number of carbonyl (C=O) groups excluding carboxylic acids is 1. The topological polar surface area (TPSA) is 87.3 Å². The average Bonchev–Trinajstić information content (AvgIpc) is 3.19. The first-order valence-electron chi connectivity index (χ1n) is 9.53. The number of thioether (sulfide) groups is 1. The molecule has 0 saturated carbocycles. The molecule has 1 amide bonds. The summed E-state index contributed by atoms with van der Waals surface area (Å²) in [6, 6.07) is 13.4. The van der Waals surface area contributed by atoms with Crippen molar-refractivity contribution in [3.05, 3.63) is 63.6 Å². The molecule has 0 aliphatic carbocycles. The largest absolute Gasteiger partial charge is 0.493 e. The normalized spacial score (nSPS) is 16.9. The lowest BCUT2D eigenvalue weighted by Crippen LogP contribution is -2.35. The van der Waals surface area contributed by atoms with E-state index >= 15 is 0 Å². The number of halogens is 1. The number of carbonyl (C=O) groups is 1. The van der Waals surface area contributed by atoms with Crippen molar-refractivity contribution in [2.45, 2.75) is 20.0 Å². The Bertz CT molecular complexity index is 1140. The number of methoxy groups -OCH3 is 1. The number of ether oxygens (including phenoxy) is 2. The molecule has 0 aromatic heterocycles. The third-order valence-electron chi connectivity index (χ3n) is 4.59. The molecule has 7 nitrogen and oxygen atoms in total. The SMILES string of the molecule is CCC1=NN2C(=N)/C(=C/c3cc(Br)c(OCc4ccccc4)c(OC)c3)C(=O)N=C2S1. The Morgan fingerprint density at radius 1 is 1.26 bits per heavy atom. The van der Waals surface area contributed by atoms with Crippen LogP contribution < -0.4 is 9.47 Å². The molecular formula is C22H19BrN4O3S. The molecule has 0 unspecified atom stereocenters. The lowest BCUT2D eigenvalue weighted by molar-refractivity contribution is -0.114. The monoisotopic (exact) mass is 498 g/mol. The summed E-state index contributed by atoms with van der Waals surface area (Å²) in [5, 5.41) is 15.5. The number of nitrogens with zero attached hydrogens (tertiary/aromatic N) is 3. The first-order chi connectivity index (χ1) is 15.0. The molecule has 9 heteroatoms. The molecule has 4 rings (SSSR count). The highest BCUT2D eigenvalue weighted by Gasteiger charge is 2.35. The van der Waals surface area contributed by atoms with Crippen LogP contribution in [0.15, 0.2) is 62.6 Å². The zero-order chi connectivity index (χ0) is 22.0. The number of rotatable bonds is 6. The fourth-order valence-corrected chi connectivity index (χ4v) is 4.43. The molecule has 158 valence electrons. The van der Waals surface area contributed by atoms with Crippen LogP contribution in [0.2, 0.25) is 0 Å².